The lowest BCUT2D eigenvalue weighted by Crippen LogP contribution is -2.36. The van der Waals surface area contributed by atoms with E-state index in [0.717, 1.165) is 25.5 Å². The van der Waals surface area contributed by atoms with Gasteiger partial charge in [-0.15, -0.1) is 0 Å². The highest BCUT2D eigenvalue weighted by Crippen LogP contribution is 2.39. The third kappa shape index (κ3) is 10.8. The summed E-state index contributed by atoms with van der Waals surface area (Å²) in [6.07, 6.45) is 4.71. The van der Waals surface area contributed by atoms with Crippen molar-refractivity contribution in [1.82, 2.24) is 4.98 Å². The number of carbonyl (C=O) groups is 2. The summed E-state index contributed by atoms with van der Waals surface area (Å²) in [7, 11) is -3.98. The number of rotatable bonds is 14. The van der Waals surface area contributed by atoms with Gasteiger partial charge in [0.05, 0.1) is 15.9 Å². The predicted octanol–water partition coefficient (Wildman–Crippen LogP) is 8.01. The number of nitrogens with zero attached hydrogens (tertiary/aromatic N) is 1. The highest BCUT2D eigenvalue weighted by atomic mass is 32.2. The fourth-order valence-corrected chi connectivity index (χ4v) is 6.11. The lowest BCUT2D eigenvalue weighted by molar-refractivity contribution is -0.167. The molecular formula is C34H43FN2O7S. The molecule has 2 N–H and O–H groups in total. The van der Waals surface area contributed by atoms with Crippen LogP contribution in [0.2, 0.25) is 0 Å². The number of esters is 1. The summed E-state index contributed by atoms with van der Waals surface area (Å²) >= 11 is 0. The van der Waals surface area contributed by atoms with Crippen molar-refractivity contribution >= 4 is 27.8 Å². The maximum absolute atomic E-state index is 14.6. The van der Waals surface area contributed by atoms with E-state index in [4.69, 9.17) is 14.6 Å². The highest BCUT2D eigenvalue weighted by Gasteiger charge is 2.37. The van der Waals surface area contributed by atoms with E-state index in [1.807, 2.05) is 34.6 Å². The molecule has 0 amide bonds. The molecule has 0 fully saturated rings. The molecule has 0 saturated carbocycles. The molecule has 0 aliphatic heterocycles. The van der Waals surface area contributed by atoms with Crippen molar-refractivity contribution in [3.63, 3.8) is 0 Å². The molecule has 1 aromatic heterocycles. The number of ether oxygens (including phenoxy) is 2. The summed E-state index contributed by atoms with van der Waals surface area (Å²) in [4.78, 5) is 27.5. The number of unbranched alkanes of at least 4 members (excludes halogenated alkanes) is 1. The molecule has 11 heteroatoms. The summed E-state index contributed by atoms with van der Waals surface area (Å²) in [6, 6.07) is 12.7. The van der Waals surface area contributed by atoms with Gasteiger partial charge in [0.15, 0.2) is 0 Å². The zero-order valence-corrected chi connectivity index (χ0v) is 27.8. The Morgan fingerprint density at radius 2 is 1.56 bits per heavy atom. The van der Waals surface area contributed by atoms with Crippen molar-refractivity contribution < 1.29 is 37.0 Å². The van der Waals surface area contributed by atoms with Crippen LogP contribution in [0.5, 0.6) is 11.5 Å². The molecule has 0 atom stereocenters. The Bertz CT molecular complexity index is 1590. The van der Waals surface area contributed by atoms with Gasteiger partial charge in [0.1, 0.15) is 28.7 Å². The average Bonchev–Trinajstić information content (AvgIpc) is 2.91. The van der Waals surface area contributed by atoms with Gasteiger partial charge in [-0.2, -0.15) is 0 Å². The minimum absolute atomic E-state index is 0.0210. The number of aromatic carboxylic acids is 1. The van der Waals surface area contributed by atoms with Crippen LogP contribution in [0.3, 0.4) is 0 Å². The fourth-order valence-electron chi connectivity index (χ4n) is 5.10. The monoisotopic (exact) mass is 642 g/mol. The molecule has 3 rings (SSSR count). The Kier molecular flexibility index (Phi) is 11.0. The van der Waals surface area contributed by atoms with E-state index < -0.39 is 27.0 Å². The van der Waals surface area contributed by atoms with Crippen molar-refractivity contribution in [2.45, 2.75) is 91.1 Å². The zero-order valence-electron chi connectivity index (χ0n) is 26.9. The van der Waals surface area contributed by atoms with Crippen LogP contribution in [-0.2, 0) is 26.0 Å². The summed E-state index contributed by atoms with van der Waals surface area (Å²) in [5, 5.41) is 8.97. The summed E-state index contributed by atoms with van der Waals surface area (Å²) in [5.41, 5.74) is -0.824. The Hall–Kier alpha value is -3.99. The van der Waals surface area contributed by atoms with E-state index in [1.54, 1.807) is 6.07 Å². The normalized spacial score (nSPS) is 12.4. The van der Waals surface area contributed by atoms with Gasteiger partial charge in [-0.1, -0.05) is 20.3 Å². The molecule has 0 bridgehead atoms. The number of carboxylic acids is 1. The van der Waals surface area contributed by atoms with Crippen LogP contribution in [0, 0.1) is 16.6 Å². The van der Waals surface area contributed by atoms with Gasteiger partial charge in [-0.05, 0) is 126 Å². The number of hydrogen-bond acceptors (Lipinski definition) is 7. The standard InChI is InChI=1S/C34H43FN2O7S/c1-32(2,3)44-31(40)34(6,7)22-33(4,5)19-9-8-10-23-20-26(14-17-28(23)35)43-25-12-15-27(16-13-25)45(41,42)37-29-18-11-24(21-36-29)30(38)39/h11-18,20-21H,8-10,19,22H2,1-7H3,(H,36,37)(H,38,39). The number of halogens is 1. The van der Waals surface area contributed by atoms with Crippen LogP contribution in [0.25, 0.3) is 0 Å². The van der Waals surface area contributed by atoms with Gasteiger partial charge >= 0.3 is 11.9 Å². The van der Waals surface area contributed by atoms with Crippen molar-refractivity contribution in [2.24, 2.45) is 10.8 Å². The Morgan fingerprint density at radius 1 is 0.911 bits per heavy atom. The largest absolute Gasteiger partial charge is 0.478 e. The second kappa shape index (κ2) is 14.0. The Labute approximate surface area is 265 Å². The first kappa shape index (κ1) is 35.5. The molecule has 9 nitrogen and oxygen atoms in total. The second-order valence-electron chi connectivity index (χ2n) is 13.6. The molecule has 45 heavy (non-hydrogen) atoms. The van der Waals surface area contributed by atoms with Crippen molar-refractivity contribution in [3.05, 3.63) is 77.7 Å². The number of anilines is 1. The van der Waals surface area contributed by atoms with Crippen molar-refractivity contribution in [2.75, 3.05) is 4.72 Å². The third-order valence-corrected chi connectivity index (χ3v) is 8.43. The molecule has 0 aliphatic carbocycles. The summed E-state index contributed by atoms with van der Waals surface area (Å²) in [5.74, 6) is -0.945. The maximum atomic E-state index is 14.6. The number of pyridine rings is 1. The van der Waals surface area contributed by atoms with Gasteiger partial charge in [-0.3, -0.25) is 9.52 Å². The number of carbonyl (C=O) groups excluding carboxylic acids is 1. The van der Waals surface area contributed by atoms with Crippen molar-refractivity contribution in [1.29, 1.82) is 0 Å². The molecule has 0 unspecified atom stereocenters. The fraction of sp³-hybridized carbons (Fsp3) is 0.441. The van der Waals surface area contributed by atoms with E-state index in [1.165, 1.54) is 48.5 Å². The minimum Gasteiger partial charge on any atom is -0.478 e. The molecule has 1 heterocycles. The van der Waals surface area contributed by atoms with Gasteiger partial charge in [0.25, 0.3) is 10.0 Å². The van der Waals surface area contributed by atoms with Gasteiger partial charge in [0, 0.05) is 6.20 Å². The number of hydrogen-bond donors (Lipinski definition) is 2. The zero-order chi connectivity index (χ0) is 33.6. The molecule has 2 aromatic carbocycles. The van der Waals surface area contributed by atoms with Crippen LogP contribution in [0.15, 0.2) is 65.7 Å². The van der Waals surface area contributed by atoms with E-state index in [0.29, 0.717) is 29.9 Å². The SMILES string of the molecule is CC(C)(CCCCc1cc(Oc2ccc(S(=O)(=O)Nc3ccc(C(=O)O)cn3)cc2)ccc1F)CC(C)(C)C(=O)OC(C)(C)C. The third-order valence-electron chi connectivity index (χ3n) is 7.06. The first-order valence-electron chi connectivity index (χ1n) is 14.8. The van der Waals surface area contributed by atoms with Crippen molar-refractivity contribution in [3.8, 4) is 11.5 Å². The lowest BCUT2D eigenvalue weighted by atomic mass is 9.72. The van der Waals surface area contributed by atoms with Gasteiger partial charge in [0.2, 0.25) is 0 Å². The van der Waals surface area contributed by atoms with E-state index >= 15 is 0 Å². The van der Waals surface area contributed by atoms with E-state index in [-0.39, 0.29) is 33.5 Å². The van der Waals surface area contributed by atoms with Crippen LogP contribution < -0.4 is 9.46 Å². The quantitative estimate of drug-likeness (QED) is 0.134. The minimum atomic E-state index is -3.98. The molecular weight excluding hydrogens is 599 g/mol. The van der Waals surface area contributed by atoms with Crippen LogP contribution in [0.4, 0.5) is 10.2 Å². The molecule has 0 aliphatic rings. The van der Waals surface area contributed by atoms with Crippen LogP contribution in [0.1, 0.15) is 90.1 Å². The first-order valence-corrected chi connectivity index (χ1v) is 16.3. The number of carboxylic acid groups (broad SMARTS) is 1. The number of aromatic nitrogens is 1. The van der Waals surface area contributed by atoms with Crippen LogP contribution in [-0.4, -0.2) is 36.0 Å². The number of sulfonamides is 1. The molecule has 0 saturated heterocycles. The number of aryl methyl sites for hydroxylation is 1. The summed E-state index contributed by atoms with van der Waals surface area (Å²) in [6.45, 7) is 13.7. The van der Waals surface area contributed by atoms with Crippen LogP contribution >= 0.6 is 0 Å². The first-order chi connectivity index (χ1) is 20.8. The van der Waals surface area contributed by atoms with E-state index in [2.05, 4.69) is 23.6 Å². The number of nitrogens with one attached hydrogen (secondary N) is 1. The smallest absolute Gasteiger partial charge is 0.337 e. The average molecular weight is 643 g/mol. The number of benzene rings is 2. The predicted molar refractivity (Wildman–Crippen MR) is 170 cm³/mol. The van der Waals surface area contributed by atoms with Gasteiger partial charge in [-0.25, -0.2) is 22.6 Å². The van der Waals surface area contributed by atoms with E-state index in [9.17, 15) is 22.4 Å². The Balaban J connectivity index is 1.56. The molecule has 3 aromatic rings. The lowest BCUT2D eigenvalue weighted by Gasteiger charge is -2.35. The maximum Gasteiger partial charge on any atom is 0.337 e. The second-order valence-corrected chi connectivity index (χ2v) is 15.3. The topological polar surface area (TPSA) is 132 Å². The highest BCUT2D eigenvalue weighted by molar-refractivity contribution is 7.92. The summed E-state index contributed by atoms with van der Waals surface area (Å²) < 4.78 is 53.9. The Morgan fingerprint density at radius 3 is 2.13 bits per heavy atom. The molecule has 244 valence electrons. The molecule has 0 radical (unpaired) electrons. The molecule has 0 spiro atoms. The van der Waals surface area contributed by atoms with Gasteiger partial charge < -0.3 is 14.6 Å².